The largest absolute Gasteiger partial charge is 0.501 e. The predicted molar refractivity (Wildman–Crippen MR) is 97.5 cm³/mol. The Morgan fingerprint density at radius 1 is 1.33 bits per heavy atom. The SMILES string of the molecule is C=C/C(=C\C=C(/C)OC)Cc1nn(C(C)(C)C)c2ncnc(N)c12. The molecule has 6 heteroatoms. The number of rotatable bonds is 5. The summed E-state index contributed by atoms with van der Waals surface area (Å²) in [5.41, 5.74) is 8.48. The molecule has 2 aromatic rings. The Hall–Kier alpha value is -2.63. The van der Waals surface area contributed by atoms with Crippen LogP contribution >= 0.6 is 0 Å². The summed E-state index contributed by atoms with van der Waals surface area (Å²) < 4.78 is 7.05. The van der Waals surface area contributed by atoms with Crippen molar-refractivity contribution in [1.29, 1.82) is 0 Å². The molecule has 0 spiro atoms. The molecular formula is C18H25N5O. The standard InChI is InChI=1S/C18H25N5O/c1-7-13(9-8-12(2)24-6)10-14-15-16(19)20-11-21-17(15)23(22-14)18(3,4)5/h7-9,11H,1,10H2,2-6H3,(H2,19,20,21)/b12-8+,13-9+. The molecule has 0 fully saturated rings. The summed E-state index contributed by atoms with van der Waals surface area (Å²) in [6.45, 7) is 12.0. The highest BCUT2D eigenvalue weighted by Gasteiger charge is 2.23. The summed E-state index contributed by atoms with van der Waals surface area (Å²) in [4.78, 5) is 8.50. The number of ether oxygens (including phenoxy) is 1. The molecule has 0 amide bonds. The minimum Gasteiger partial charge on any atom is -0.501 e. The van der Waals surface area contributed by atoms with Gasteiger partial charge in [0.05, 0.1) is 29.5 Å². The molecule has 0 saturated carbocycles. The molecule has 128 valence electrons. The lowest BCUT2D eigenvalue weighted by Crippen LogP contribution is -2.23. The van der Waals surface area contributed by atoms with Crippen molar-refractivity contribution < 1.29 is 4.74 Å². The molecule has 0 saturated heterocycles. The fourth-order valence-electron chi connectivity index (χ4n) is 2.32. The van der Waals surface area contributed by atoms with Crippen molar-refractivity contribution in [2.24, 2.45) is 0 Å². The molecule has 24 heavy (non-hydrogen) atoms. The minimum atomic E-state index is -0.206. The van der Waals surface area contributed by atoms with E-state index in [-0.39, 0.29) is 5.54 Å². The zero-order valence-electron chi connectivity index (χ0n) is 15.0. The fourth-order valence-corrected chi connectivity index (χ4v) is 2.32. The maximum Gasteiger partial charge on any atom is 0.164 e. The number of aromatic nitrogens is 4. The van der Waals surface area contributed by atoms with Crippen molar-refractivity contribution in [3.8, 4) is 0 Å². The topological polar surface area (TPSA) is 78.8 Å². The van der Waals surface area contributed by atoms with E-state index < -0.39 is 0 Å². The Balaban J connectivity index is 2.55. The second-order valence-corrected chi connectivity index (χ2v) is 6.59. The molecule has 0 atom stereocenters. The number of hydrogen-bond acceptors (Lipinski definition) is 5. The van der Waals surface area contributed by atoms with E-state index in [0.29, 0.717) is 12.2 Å². The zero-order chi connectivity index (χ0) is 17.9. The second kappa shape index (κ2) is 6.86. The van der Waals surface area contributed by atoms with E-state index in [2.05, 4.69) is 37.3 Å². The number of methoxy groups -OCH3 is 1. The molecule has 2 N–H and O–H groups in total. The molecule has 2 aromatic heterocycles. The van der Waals surface area contributed by atoms with E-state index in [4.69, 9.17) is 15.6 Å². The summed E-state index contributed by atoms with van der Waals surface area (Å²) in [5.74, 6) is 1.26. The number of anilines is 1. The van der Waals surface area contributed by atoms with Gasteiger partial charge in [-0.2, -0.15) is 5.10 Å². The van der Waals surface area contributed by atoms with Crippen LogP contribution in [0, 0.1) is 0 Å². The second-order valence-electron chi connectivity index (χ2n) is 6.59. The number of nitrogens with two attached hydrogens (primary N) is 1. The highest BCUT2D eigenvalue weighted by molar-refractivity contribution is 5.88. The molecule has 2 rings (SSSR count). The van der Waals surface area contributed by atoms with Crippen molar-refractivity contribution in [1.82, 2.24) is 19.7 Å². The van der Waals surface area contributed by atoms with Crippen molar-refractivity contribution in [3.63, 3.8) is 0 Å². The highest BCUT2D eigenvalue weighted by atomic mass is 16.5. The zero-order valence-corrected chi connectivity index (χ0v) is 15.0. The molecule has 0 aliphatic rings. The molecule has 6 nitrogen and oxygen atoms in total. The van der Waals surface area contributed by atoms with Crippen LogP contribution in [0.2, 0.25) is 0 Å². The van der Waals surface area contributed by atoms with Gasteiger partial charge in [-0.3, -0.25) is 0 Å². The molecular weight excluding hydrogens is 302 g/mol. The Kier molecular flexibility index (Phi) is 5.07. The van der Waals surface area contributed by atoms with E-state index in [1.165, 1.54) is 6.33 Å². The van der Waals surface area contributed by atoms with Crippen LogP contribution in [0.1, 0.15) is 33.4 Å². The summed E-state index contributed by atoms with van der Waals surface area (Å²) in [5, 5.41) is 5.55. The van der Waals surface area contributed by atoms with Crippen LogP contribution < -0.4 is 5.73 Å². The molecule has 0 bridgehead atoms. The first-order chi connectivity index (χ1) is 11.3. The van der Waals surface area contributed by atoms with Crippen molar-refractivity contribution in [2.45, 2.75) is 39.7 Å². The predicted octanol–water partition coefficient (Wildman–Crippen LogP) is 3.37. The van der Waals surface area contributed by atoms with Crippen molar-refractivity contribution >= 4 is 16.9 Å². The average Bonchev–Trinajstić information content (AvgIpc) is 2.91. The third-order valence-corrected chi connectivity index (χ3v) is 3.69. The molecule has 0 aliphatic heterocycles. The van der Waals surface area contributed by atoms with Gasteiger partial charge in [0, 0.05) is 6.42 Å². The van der Waals surface area contributed by atoms with E-state index in [0.717, 1.165) is 28.1 Å². The van der Waals surface area contributed by atoms with E-state index in [9.17, 15) is 0 Å². The lowest BCUT2D eigenvalue weighted by molar-refractivity contribution is 0.294. The molecule has 2 heterocycles. The van der Waals surface area contributed by atoms with Gasteiger partial charge in [0.1, 0.15) is 12.1 Å². The van der Waals surface area contributed by atoms with Gasteiger partial charge in [0.15, 0.2) is 5.65 Å². The number of allylic oxidation sites excluding steroid dienone is 5. The Morgan fingerprint density at radius 2 is 2.04 bits per heavy atom. The van der Waals surface area contributed by atoms with Gasteiger partial charge in [-0.15, -0.1) is 0 Å². The monoisotopic (exact) mass is 327 g/mol. The van der Waals surface area contributed by atoms with Gasteiger partial charge in [-0.1, -0.05) is 18.7 Å². The van der Waals surface area contributed by atoms with Gasteiger partial charge < -0.3 is 10.5 Å². The van der Waals surface area contributed by atoms with Crippen LogP contribution in [0.25, 0.3) is 11.0 Å². The van der Waals surface area contributed by atoms with Crippen LogP contribution in [0.3, 0.4) is 0 Å². The summed E-state index contributed by atoms with van der Waals surface area (Å²) in [7, 11) is 1.64. The highest BCUT2D eigenvalue weighted by Crippen LogP contribution is 2.27. The van der Waals surface area contributed by atoms with Crippen LogP contribution in [-0.2, 0) is 16.7 Å². The lowest BCUT2D eigenvalue weighted by Gasteiger charge is -2.19. The molecule has 0 radical (unpaired) electrons. The quantitative estimate of drug-likeness (QED) is 0.673. The van der Waals surface area contributed by atoms with Gasteiger partial charge in [-0.25, -0.2) is 14.6 Å². The number of nitrogen functional groups attached to an aromatic ring is 1. The average molecular weight is 327 g/mol. The van der Waals surface area contributed by atoms with Gasteiger partial charge in [-0.05, 0) is 39.3 Å². The first-order valence-electron chi connectivity index (χ1n) is 7.80. The first-order valence-corrected chi connectivity index (χ1v) is 7.80. The van der Waals surface area contributed by atoms with Gasteiger partial charge >= 0.3 is 0 Å². The summed E-state index contributed by atoms with van der Waals surface area (Å²) in [6.07, 6.45) is 7.74. The third-order valence-electron chi connectivity index (χ3n) is 3.69. The van der Waals surface area contributed by atoms with E-state index in [1.54, 1.807) is 13.2 Å². The smallest absolute Gasteiger partial charge is 0.164 e. The third kappa shape index (κ3) is 3.64. The van der Waals surface area contributed by atoms with E-state index >= 15 is 0 Å². The number of nitrogens with zero attached hydrogens (tertiary/aromatic N) is 4. The molecule has 0 aromatic carbocycles. The number of fused-ring (bicyclic) bond motifs is 1. The van der Waals surface area contributed by atoms with Crippen molar-refractivity contribution in [2.75, 3.05) is 12.8 Å². The van der Waals surface area contributed by atoms with E-state index in [1.807, 2.05) is 23.8 Å². The normalized spacial score (nSPS) is 13.4. The minimum absolute atomic E-state index is 0.206. The summed E-state index contributed by atoms with van der Waals surface area (Å²) in [6, 6.07) is 0. The first kappa shape index (κ1) is 17.7. The van der Waals surface area contributed by atoms with Crippen LogP contribution in [-0.4, -0.2) is 26.9 Å². The number of hydrogen-bond donors (Lipinski definition) is 1. The Labute approximate surface area is 142 Å². The van der Waals surface area contributed by atoms with Crippen molar-refractivity contribution in [3.05, 3.63) is 48.2 Å². The Morgan fingerprint density at radius 3 is 2.62 bits per heavy atom. The van der Waals surface area contributed by atoms with Crippen LogP contribution in [0.15, 0.2) is 42.5 Å². The Bertz CT molecular complexity index is 809. The van der Waals surface area contributed by atoms with Gasteiger partial charge in [0.25, 0.3) is 0 Å². The maximum absolute atomic E-state index is 6.09. The fraction of sp³-hybridized carbons (Fsp3) is 0.389. The van der Waals surface area contributed by atoms with Crippen LogP contribution in [0.5, 0.6) is 0 Å². The van der Waals surface area contributed by atoms with Crippen LogP contribution in [0.4, 0.5) is 5.82 Å². The summed E-state index contributed by atoms with van der Waals surface area (Å²) >= 11 is 0. The molecule has 0 aliphatic carbocycles. The lowest BCUT2D eigenvalue weighted by atomic mass is 10.1. The maximum atomic E-state index is 6.09. The molecule has 0 unspecified atom stereocenters. The van der Waals surface area contributed by atoms with Gasteiger partial charge in [0.2, 0.25) is 0 Å².